The molecule has 0 unspecified atom stereocenters. The quantitative estimate of drug-likeness (QED) is 0.833. The van der Waals surface area contributed by atoms with E-state index in [9.17, 15) is 0 Å². The van der Waals surface area contributed by atoms with Gasteiger partial charge in [-0.15, -0.1) is 11.3 Å². The highest BCUT2D eigenvalue weighted by Gasteiger charge is 2.16. The van der Waals surface area contributed by atoms with E-state index in [0.29, 0.717) is 0 Å². The van der Waals surface area contributed by atoms with E-state index in [4.69, 9.17) is 4.98 Å². The number of aryl methyl sites for hydroxylation is 1. The Labute approximate surface area is 112 Å². The first-order valence-electron chi connectivity index (χ1n) is 6.31. The van der Waals surface area contributed by atoms with E-state index in [1.807, 2.05) is 23.1 Å². The molecule has 0 bridgehead atoms. The van der Waals surface area contributed by atoms with Crippen molar-refractivity contribution in [3.05, 3.63) is 10.6 Å². The minimum absolute atomic E-state index is 0.972. The fourth-order valence-corrected chi connectivity index (χ4v) is 3.83. The highest BCUT2D eigenvalue weighted by molar-refractivity contribution is 7.99. The van der Waals surface area contributed by atoms with Crippen LogP contribution in [-0.4, -0.2) is 36.1 Å². The summed E-state index contributed by atoms with van der Waals surface area (Å²) in [4.78, 5) is 8.53. The van der Waals surface area contributed by atoms with E-state index in [1.165, 1.54) is 33.6 Å². The van der Waals surface area contributed by atoms with Gasteiger partial charge in [0.2, 0.25) is 0 Å². The Morgan fingerprint density at radius 3 is 2.82 bits per heavy atom. The molecule has 17 heavy (non-hydrogen) atoms. The second-order valence-electron chi connectivity index (χ2n) is 4.28. The van der Waals surface area contributed by atoms with Crippen LogP contribution in [0.5, 0.6) is 0 Å². The van der Waals surface area contributed by atoms with Gasteiger partial charge in [-0.1, -0.05) is 6.92 Å². The predicted octanol–water partition coefficient (Wildman–Crippen LogP) is 2.50. The van der Waals surface area contributed by atoms with Crippen LogP contribution in [0.2, 0.25) is 0 Å². The number of nitrogens with one attached hydrogen (secondary N) is 1. The van der Waals surface area contributed by atoms with Crippen molar-refractivity contribution in [2.45, 2.75) is 26.8 Å². The van der Waals surface area contributed by atoms with Gasteiger partial charge in [0, 0.05) is 36.0 Å². The molecule has 0 spiro atoms. The minimum atomic E-state index is 0.972. The number of aromatic nitrogens is 1. The minimum Gasteiger partial charge on any atom is -0.346 e. The van der Waals surface area contributed by atoms with E-state index in [0.717, 1.165) is 26.2 Å². The van der Waals surface area contributed by atoms with Crippen molar-refractivity contribution < 1.29 is 0 Å². The van der Waals surface area contributed by atoms with Gasteiger partial charge in [-0.25, -0.2) is 4.98 Å². The molecule has 0 atom stereocenters. The van der Waals surface area contributed by atoms with Gasteiger partial charge in [0.05, 0.1) is 5.69 Å². The number of hydrogen-bond acceptors (Lipinski definition) is 5. The van der Waals surface area contributed by atoms with Gasteiger partial charge >= 0.3 is 0 Å². The van der Waals surface area contributed by atoms with Crippen molar-refractivity contribution in [2.24, 2.45) is 0 Å². The SMILES string of the molecule is CCCNCc1sc(N2CCSCC2)nc1C. The maximum Gasteiger partial charge on any atom is 0.185 e. The van der Waals surface area contributed by atoms with E-state index in [-0.39, 0.29) is 0 Å². The van der Waals surface area contributed by atoms with E-state index < -0.39 is 0 Å². The molecule has 1 aliphatic rings. The topological polar surface area (TPSA) is 28.2 Å². The lowest BCUT2D eigenvalue weighted by molar-refractivity contribution is 0.678. The second kappa shape index (κ2) is 6.61. The van der Waals surface area contributed by atoms with E-state index >= 15 is 0 Å². The summed E-state index contributed by atoms with van der Waals surface area (Å²) in [6, 6.07) is 0. The van der Waals surface area contributed by atoms with Crippen LogP contribution in [0.15, 0.2) is 0 Å². The van der Waals surface area contributed by atoms with Crippen LogP contribution in [0.4, 0.5) is 5.13 Å². The second-order valence-corrected chi connectivity index (χ2v) is 6.57. The lowest BCUT2D eigenvalue weighted by Gasteiger charge is -2.25. The predicted molar refractivity (Wildman–Crippen MR) is 78.4 cm³/mol. The van der Waals surface area contributed by atoms with Crippen LogP contribution < -0.4 is 10.2 Å². The number of thiazole rings is 1. The summed E-state index contributed by atoms with van der Waals surface area (Å²) in [7, 11) is 0. The first-order valence-corrected chi connectivity index (χ1v) is 8.28. The molecule has 1 aliphatic heterocycles. The molecule has 1 aromatic rings. The van der Waals surface area contributed by atoms with Crippen LogP contribution in [0, 0.1) is 6.92 Å². The third-order valence-electron chi connectivity index (χ3n) is 2.88. The first kappa shape index (κ1) is 13.2. The summed E-state index contributed by atoms with van der Waals surface area (Å²) in [5, 5.41) is 4.67. The van der Waals surface area contributed by atoms with Gasteiger partial charge in [-0.05, 0) is 19.9 Å². The normalized spacial score (nSPS) is 16.5. The largest absolute Gasteiger partial charge is 0.346 e. The fraction of sp³-hybridized carbons (Fsp3) is 0.750. The van der Waals surface area contributed by atoms with E-state index in [1.54, 1.807) is 0 Å². The first-order chi connectivity index (χ1) is 8.31. The molecule has 2 rings (SSSR count). The molecular weight excluding hydrogens is 250 g/mol. The van der Waals surface area contributed by atoms with Crippen LogP contribution in [0.25, 0.3) is 0 Å². The van der Waals surface area contributed by atoms with Gasteiger partial charge in [-0.2, -0.15) is 11.8 Å². The highest BCUT2D eigenvalue weighted by Crippen LogP contribution is 2.27. The standard InChI is InChI=1S/C12H21N3S2/c1-3-4-13-9-11-10(2)14-12(17-11)15-5-7-16-8-6-15/h13H,3-9H2,1-2H3. The molecule has 3 nitrogen and oxygen atoms in total. The van der Waals surface area contributed by atoms with Crippen molar-refractivity contribution >= 4 is 28.2 Å². The van der Waals surface area contributed by atoms with Gasteiger partial charge in [0.1, 0.15) is 0 Å². The monoisotopic (exact) mass is 271 g/mol. The summed E-state index contributed by atoms with van der Waals surface area (Å²) < 4.78 is 0. The van der Waals surface area contributed by atoms with Crippen molar-refractivity contribution in [2.75, 3.05) is 36.0 Å². The van der Waals surface area contributed by atoms with Crippen molar-refractivity contribution in [3.63, 3.8) is 0 Å². The van der Waals surface area contributed by atoms with Crippen LogP contribution >= 0.6 is 23.1 Å². The Morgan fingerprint density at radius 2 is 2.12 bits per heavy atom. The molecule has 1 fully saturated rings. The Hall–Kier alpha value is -0.260. The maximum atomic E-state index is 4.71. The molecule has 0 aliphatic carbocycles. The molecule has 0 radical (unpaired) electrons. The average molecular weight is 271 g/mol. The van der Waals surface area contributed by atoms with E-state index in [2.05, 4.69) is 24.1 Å². The van der Waals surface area contributed by atoms with Crippen molar-refractivity contribution in [1.29, 1.82) is 0 Å². The summed E-state index contributed by atoms with van der Waals surface area (Å²) >= 11 is 3.90. The van der Waals surface area contributed by atoms with Gasteiger partial charge in [0.25, 0.3) is 0 Å². The van der Waals surface area contributed by atoms with Crippen molar-refractivity contribution in [3.8, 4) is 0 Å². The lowest BCUT2D eigenvalue weighted by Crippen LogP contribution is -2.32. The molecule has 1 saturated heterocycles. The molecule has 0 amide bonds. The fourth-order valence-electron chi connectivity index (χ4n) is 1.85. The zero-order chi connectivity index (χ0) is 12.1. The molecular formula is C12H21N3S2. The van der Waals surface area contributed by atoms with Gasteiger partial charge in [0.15, 0.2) is 5.13 Å². The number of anilines is 1. The van der Waals surface area contributed by atoms with Gasteiger partial charge in [-0.3, -0.25) is 0 Å². The number of thioether (sulfide) groups is 1. The van der Waals surface area contributed by atoms with Crippen molar-refractivity contribution in [1.82, 2.24) is 10.3 Å². The Morgan fingerprint density at radius 1 is 1.35 bits per heavy atom. The maximum absolute atomic E-state index is 4.71. The number of nitrogens with zero attached hydrogens (tertiary/aromatic N) is 2. The average Bonchev–Trinajstić information content (AvgIpc) is 2.73. The summed E-state index contributed by atoms with van der Waals surface area (Å²) in [6.07, 6.45) is 1.19. The molecule has 96 valence electrons. The molecule has 0 aromatic carbocycles. The Balaban J connectivity index is 1.96. The Bertz CT molecular complexity index is 346. The van der Waals surface area contributed by atoms with Crippen LogP contribution in [-0.2, 0) is 6.54 Å². The zero-order valence-electron chi connectivity index (χ0n) is 10.7. The number of rotatable bonds is 5. The van der Waals surface area contributed by atoms with Crippen LogP contribution in [0.1, 0.15) is 23.9 Å². The highest BCUT2D eigenvalue weighted by atomic mass is 32.2. The third kappa shape index (κ3) is 3.60. The zero-order valence-corrected chi connectivity index (χ0v) is 12.3. The number of hydrogen-bond donors (Lipinski definition) is 1. The van der Waals surface area contributed by atoms with Gasteiger partial charge < -0.3 is 10.2 Å². The molecule has 1 N–H and O–H groups in total. The molecule has 1 aromatic heterocycles. The molecule has 5 heteroatoms. The Kier molecular flexibility index (Phi) is 5.13. The summed E-state index contributed by atoms with van der Waals surface area (Å²) in [5.41, 5.74) is 1.20. The molecule has 2 heterocycles. The molecule has 0 saturated carbocycles. The summed E-state index contributed by atoms with van der Waals surface area (Å²) in [6.45, 7) is 8.69. The summed E-state index contributed by atoms with van der Waals surface area (Å²) in [5.74, 6) is 2.48. The lowest BCUT2D eigenvalue weighted by atomic mass is 10.4. The van der Waals surface area contributed by atoms with Crippen LogP contribution in [0.3, 0.4) is 0 Å². The third-order valence-corrected chi connectivity index (χ3v) is 5.04. The smallest absolute Gasteiger partial charge is 0.185 e.